The summed E-state index contributed by atoms with van der Waals surface area (Å²) in [6.07, 6.45) is 41.0. The predicted molar refractivity (Wildman–Crippen MR) is 181 cm³/mol. The van der Waals surface area contributed by atoms with Gasteiger partial charge in [0.2, 0.25) is 0 Å². The van der Waals surface area contributed by atoms with Crippen LogP contribution in [0.4, 0.5) is 0 Å². The monoisotopic (exact) mass is 579 g/mol. The molecule has 0 saturated heterocycles. The lowest BCUT2D eigenvalue weighted by atomic mass is 10.0. The van der Waals surface area contributed by atoms with Crippen molar-refractivity contribution in [2.45, 2.75) is 219 Å². The molecule has 0 N–H and O–H groups in total. The summed E-state index contributed by atoms with van der Waals surface area (Å²) in [5.74, 6) is 0.205. The summed E-state index contributed by atoms with van der Waals surface area (Å²) in [5, 5.41) is 0. The fraction of sp³-hybridized carbons (Fsp3) is 0.947. The average molecular weight is 579 g/mol. The number of rotatable bonds is 32. The zero-order valence-corrected chi connectivity index (χ0v) is 28.9. The molecule has 2 amide bonds. The average Bonchev–Trinajstić information content (AvgIpc) is 2.96. The van der Waals surface area contributed by atoms with Crippen molar-refractivity contribution in [3.63, 3.8) is 0 Å². The first-order chi connectivity index (χ1) is 20.0. The SMILES string of the molecule is CCCCCCCCCCCCCCCCCC(=O)[N+](C)(C)C(=O)CCCCCCCCCCCCCCCCC. The van der Waals surface area contributed by atoms with Gasteiger partial charge >= 0.3 is 11.8 Å². The van der Waals surface area contributed by atoms with E-state index in [1.807, 2.05) is 0 Å². The Morgan fingerprint density at radius 1 is 0.317 bits per heavy atom. The molecule has 0 aromatic rings. The molecule has 0 aromatic carbocycles. The Kier molecular flexibility index (Phi) is 30.2. The van der Waals surface area contributed by atoms with Crippen LogP contribution in [0, 0.1) is 0 Å². The van der Waals surface area contributed by atoms with Crippen molar-refractivity contribution in [1.29, 1.82) is 0 Å². The van der Waals surface area contributed by atoms with Gasteiger partial charge in [0.1, 0.15) is 0 Å². The Morgan fingerprint density at radius 3 is 0.683 bits per heavy atom. The number of unbranched alkanes of at least 4 members (excludes halogenated alkanes) is 28. The molecule has 0 bridgehead atoms. The number of carbonyl (C=O) groups is 2. The molecule has 0 heterocycles. The van der Waals surface area contributed by atoms with Crippen molar-refractivity contribution in [2.75, 3.05) is 14.1 Å². The number of carbonyl (C=O) groups excluding carboxylic acids is 2. The standard InChI is InChI=1S/C38H76NO2/c1-5-7-9-11-13-15-17-19-21-23-25-27-29-31-33-35-37(40)39(3,4)38(41)36-34-32-30-28-26-24-22-20-18-16-14-12-10-8-6-2/h5-36H2,1-4H3/q+1. The number of hydrogen-bond acceptors (Lipinski definition) is 2. The topological polar surface area (TPSA) is 34.1 Å². The van der Waals surface area contributed by atoms with Gasteiger partial charge in [-0.1, -0.05) is 194 Å². The van der Waals surface area contributed by atoms with Gasteiger partial charge in [-0.05, 0) is 12.8 Å². The Morgan fingerprint density at radius 2 is 0.488 bits per heavy atom. The normalized spacial score (nSPS) is 11.8. The second kappa shape index (κ2) is 30.7. The number of quaternary nitrogens is 1. The fourth-order valence-electron chi connectivity index (χ4n) is 5.99. The van der Waals surface area contributed by atoms with Crippen LogP contribution in [0.1, 0.15) is 219 Å². The quantitative estimate of drug-likeness (QED) is 0.0587. The van der Waals surface area contributed by atoms with Crippen LogP contribution in [0.15, 0.2) is 0 Å². The zero-order chi connectivity index (χ0) is 30.3. The molecule has 244 valence electrons. The maximum atomic E-state index is 12.8. The summed E-state index contributed by atoms with van der Waals surface area (Å²) < 4.78 is -0.0583. The van der Waals surface area contributed by atoms with Crippen LogP contribution in [0.5, 0.6) is 0 Å². The smallest absolute Gasteiger partial charge is 0.230 e. The molecule has 0 spiro atoms. The van der Waals surface area contributed by atoms with Crippen LogP contribution >= 0.6 is 0 Å². The van der Waals surface area contributed by atoms with Crippen LogP contribution in [0.3, 0.4) is 0 Å². The van der Waals surface area contributed by atoms with Gasteiger partial charge in [-0.15, -0.1) is 0 Å². The largest absolute Gasteiger partial charge is 0.320 e. The van der Waals surface area contributed by atoms with Gasteiger partial charge < -0.3 is 0 Å². The number of nitrogens with zero attached hydrogens (tertiary/aromatic N) is 1. The van der Waals surface area contributed by atoms with E-state index in [1.165, 1.54) is 167 Å². The second-order valence-corrected chi connectivity index (χ2v) is 13.6. The first-order valence-electron chi connectivity index (χ1n) is 18.9. The molecular weight excluding hydrogens is 502 g/mol. The molecule has 0 unspecified atom stereocenters. The van der Waals surface area contributed by atoms with Crippen LogP contribution < -0.4 is 0 Å². The molecule has 0 aliphatic carbocycles. The van der Waals surface area contributed by atoms with Crippen LogP contribution in [0.2, 0.25) is 0 Å². The minimum Gasteiger partial charge on any atom is -0.230 e. The molecule has 0 saturated carbocycles. The third-order valence-corrected chi connectivity index (χ3v) is 9.24. The van der Waals surface area contributed by atoms with Gasteiger partial charge in [-0.2, -0.15) is 0 Å². The summed E-state index contributed by atoms with van der Waals surface area (Å²) in [7, 11) is 3.61. The Balaban J connectivity index is 3.55. The van der Waals surface area contributed by atoms with Gasteiger partial charge in [0.25, 0.3) is 0 Å². The van der Waals surface area contributed by atoms with Crippen molar-refractivity contribution in [2.24, 2.45) is 0 Å². The maximum absolute atomic E-state index is 12.8. The van der Waals surface area contributed by atoms with Crippen molar-refractivity contribution in [3.05, 3.63) is 0 Å². The Bertz CT molecular complexity index is 523. The van der Waals surface area contributed by atoms with Gasteiger partial charge in [0.15, 0.2) is 0 Å². The highest BCUT2D eigenvalue weighted by molar-refractivity contribution is 5.84. The van der Waals surface area contributed by atoms with Gasteiger partial charge in [0, 0.05) is 0 Å². The second-order valence-electron chi connectivity index (χ2n) is 13.6. The molecule has 0 fully saturated rings. The summed E-state index contributed by atoms with van der Waals surface area (Å²) in [5.41, 5.74) is 0. The highest BCUT2D eigenvalue weighted by atomic mass is 16.2. The highest BCUT2D eigenvalue weighted by Crippen LogP contribution is 2.17. The van der Waals surface area contributed by atoms with E-state index in [4.69, 9.17) is 0 Å². The molecule has 41 heavy (non-hydrogen) atoms. The first kappa shape index (κ1) is 40.3. The summed E-state index contributed by atoms with van der Waals surface area (Å²) in [4.78, 5) is 25.5. The molecule has 3 heteroatoms. The van der Waals surface area contributed by atoms with Gasteiger partial charge in [-0.3, -0.25) is 0 Å². The lowest BCUT2D eigenvalue weighted by Crippen LogP contribution is -2.50. The summed E-state index contributed by atoms with van der Waals surface area (Å²) in [6, 6.07) is 0. The van der Waals surface area contributed by atoms with Crippen molar-refractivity contribution < 1.29 is 14.1 Å². The minimum atomic E-state index is -0.0583. The lowest BCUT2D eigenvalue weighted by molar-refractivity contribution is -0.736. The maximum Gasteiger partial charge on any atom is 0.320 e. The molecule has 0 aromatic heterocycles. The summed E-state index contributed by atoms with van der Waals surface area (Å²) in [6.45, 7) is 4.57. The molecule has 0 atom stereocenters. The van der Waals surface area contributed by atoms with E-state index in [0.29, 0.717) is 12.8 Å². The van der Waals surface area contributed by atoms with Gasteiger partial charge in [0.05, 0.1) is 26.9 Å². The van der Waals surface area contributed by atoms with E-state index in [0.717, 1.165) is 25.7 Å². The van der Waals surface area contributed by atoms with E-state index >= 15 is 0 Å². The third kappa shape index (κ3) is 26.6. The Labute approximate surface area is 259 Å². The van der Waals surface area contributed by atoms with Crippen molar-refractivity contribution in [1.82, 2.24) is 0 Å². The molecule has 0 aliphatic heterocycles. The predicted octanol–water partition coefficient (Wildman–Crippen LogP) is 12.6. The lowest BCUT2D eigenvalue weighted by Gasteiger charge is -2.24. The van der Waals surface area contributed by atoms with E-state index in [9.17, 15) is 9.59 Å². The summed E-state index contributed by atoms with van der Waals surface area (Å²) >= 11 is 0. The number of imide groups is 1. The van der Waals surface area contributed by atoms with E-state index in [2.05, 4.69) is 13.8 Å². The third-order valence-electron chi connectivity index (χ3n) is 9.24. The molecule has 0 radical (unpaired) electrons. The molecule has 0 rings (SSSR count). The first-order valence-corrected chi connectivity index (χ1v) is 18.9. The molecule has 0 aliphatic rings. The van der Waals surface area contributed by atoms with Crippen LogP contribution in [0.25, 0.3) is 0 Å². The number of amides is 2. The van der Waals surface area contributed by atoms with Gasteiger partial charge in [-0.25, -0.2) is 14.1 Å². The van der Waals surface area contributed by atoms with Crippen LogP contribution in [-0.4, -0.2) is 30.4 Å². The van der Waals surface area contributed by atoms with Crippen LogP contribution in [-0.2, 0) is 9.59 Å². The zero-order valence-electron chi connectivity index (χ0n) is 28.9. The van der Waals surface area contributed by atoms with Crippen molar-refractivity contribution >= 4 is 11.8 Å². The Hall–Kier alpha value is -0.700. The van der Waals surface area contributed by atoms with E-state index in [1.54, 1.807) is 14.1 Å². The number of hydrogen-bond donors (Lipinski definition) is 0. The van der Waals surface area contributed by atoms with Crippen molar-refractivity contribution in [3.8, 4) is 0 Å². The van der Waals surface area contributed by atoms with E-state index in [-0.39, 0.29) is 16.3 Å². The molecular formula is C38H76NO2+. The molecule has 3 nitrogen and oxygen atoms in total. The van der Waals surface area contributed by atoms with E-state index < -0.39 is 0 Å². The minimum absolute atomic E-state index is 0.0583. The highest BCUT2D eigenvalue weighted by Gasteiger charge is 2.33. The fourth-order valence-corrected chi connectivity index (χ4v) is 5.99.